The molecule has 3 rings (SSSR count). The van der Waals surface area contributed by atoms with Crippen molar-refractivity contribution in [2.24, 2.45) is 0 Å². The lowest BCUT2D eigenvalue weighted by molar-refractivity contribution is -0.133. The lowest BCUT2D eigenvalue weighted by Crippen LogP contribution is -2.21. The number of nitrogens with one attached hydrogen (secondary N) is 1. The molecule has 1 heterocycles. The van der Waals surface area contributed by atoms with Crippen molar-refractivity contribution in [3.63, 3.8) is 0 Å². The van der Waals surface area contributed by atoms with Crippen LogP contribution in [0.2, 0.25) is 0 Å². The zero-order chi connectivity index (χ0) is 20.9. The number of benzene rings is 2. The fourth-order valence-corrected chi connectivity index (χ4v) is 3.49. The molecule has 0 unspecified atom stereocenters. The summed E-state index contributed by atoms with van der Waals surface area (Å²) in [5.41, 5.74) is 1.82. The minimum Gasteiger partial charge on any atom is -0.465 e. The second-order valence-electron chi connectivity index (χ2n) is 6.21. The Morgan fingerprint density at radius 3 is 2.48 bits per heavy atom. The summed E-state index contributed by atoms with van der Waals surface area (Å²) in [5.74, 6) is -0.550. The molecule has 0 bridgehead atoms. The van der Waals surface area contributed by atoms with E-state index < -0.39 is 16.0 Å². The van der Waals surface area contributed by atoms with Crippen LogP contribution in [0.1, 0.15) is 17.0 Å². The monoisotopic (exact) mass is 412 g/mol. The van der Waals surface area contributed by atoms with Crippen molar-refractivity contribution in [3.8, 4) is 0 Å². The van der Waals surface area contributed by atoms with Crippen molar-refractivity contribution in [3.05, 3.63) is 84.1 Å². The summed E-state index contributed by atoms with van der Waals surface area (Å²) in [6, 6.07) is 15.8. The van der Waals surface area contributed by atoms with E-state index in [4.69, 9.17) is 4.74 Å². The molecule has 0 saturated carbocycles. The lowest BCUT2D eigenvalue weighted by atomic mass is 10.2. The molecular weight excluding hydrogens is 392 g/mol. The Kier molecular flexibility index (Phi) is 6.08. The number of sulfonamides is 1. The Morgan fingerprint density at radius 1 is 1.14 bits per heavy atom. The second kappa shape index (κ2) is 8.70. The highest BCUT2D eigenvalue weighted by atomic mass is 32.2. The molecule has 0 radical (unpaired) electrons. The first-order valence-electron chi connectivity index (χ1n) is 8.70. The van der Waals surface area contributed by atoms with Gasteiger partial charge in [-0.05, 0) is 24.6 Å². The van der Waals surface area contributed by atoms with Gasteiger partial charge in [-0.1, -0.05) is 48.0 Å². The van der Waals surface area contributed by atoms with Crippen molar-refractivity contribution < 1.29 is 17.9 Å². The molecule has 1 N–H and O–H groups in total. The smallest absolute Gasteiger partial charge is 0.343 e. The van der Waals surface area contributed by atoms with Crippen molar-refractivity contribution in [1.82, 2.24) is 19.5 Å². The summed E-state index contributed by atoms with van der Waals surface area (Å²) in [6.07, 6.45) is 2.37. The largest absolute Gasteiger partial charge is 0.465 e. The molecule has 0 aliphatic carbocycles. The average Bonchev–Trinajstić information content (AvgIpc) is 3.16. The molecule has 1 aromatic heterocycles. The summed E-state index contributed by atoms with van der Waals surface area (Å²) < 4.78 is 33.7. The van der Waals surface area contributed by atoms with Crippen molar-refractivity contribution in [2.45, 2.75) is 18.4 Å². The van der Waals surface area contributed by atoms with Crippen LogP contribution in [0.3, 0.4) is 0 Å². The highest BCUT2D eigenvalue weighted by Gasteiger charge is 2.21. The first-order valence-corrected chi connectivity index (χ1v) is 10.2. The third-order valence-electron chi connectivity index (χ3n) is 4.13. The van der Waals surface area contributed by atoms with Crippen LogP contribution in [-0.2, 0) is 26.1 Å². The number of ether oxygens (including phenoxy) is 1. The van der Waals surface area contributed by atoms with Gasteiger partial charge in [-0.15, -0.1) is 0 Å². The van der Waals surface area contributed by atoms with Gasteiger partial charge < -0.3 is 4.74 Å². The summed E-state index contributed by atoms with van der Waals surface area (Å²) in [7, 11) is -2.66. The first-order chi connectivity index (χ1) is 13.9. The van der Waals surface area contributed by atoms with E-state index in [1.807, 2.05) is 37.3 Å². The zero-order valence-corrected chi connectivity index (χ0v) is 16.8. The maximum absolute atomic E-state index is 12.6. The molecule has 8 nitrogen and oxygen atoms in total. The van der Waals surface area contributed by atoms with Crippen LogP contribution in [0.4, 0.5) is 0 Å². The molecule has 0 aliphatic rings. The van der Waals surface area contributed by atoms with Crippen LogP contribution >= 0.6 is 0 Å². The molecule has 150 valence electrons. The van der Waals surface area contributed by atoms with E-state index in [1.54, 1.807) is 12.1 Å². The summed E-state index contributed by atoms with van der Waals surface area (Å²) in [4.78, 5) is 16.5. The molecule has 0 spiro atoms. The van der Waals surface area contributed by atoms with Gasteiger partial charge in [0.2, 0.25) is 0 Å². The number of aromatic nitrogens is 3. The number of hydrogen-bond donors (Lipinski definition) is 1. The minimum absolute atomic E-state index is 0.0587. The fourth-order valence-electron chi connectivity index (χ4n) is 2.59. The van der Waals surface area contributed by atoms with Crippen LogP contribution in [0, 0.1) is 6.92 Å². The zero-order valence-electron chi connectivity index (χ0n) is 15.9. The molecule has 0 aliphatic heterocycles. The predicted octanol–water partition coefficient (Wildman–Crippen LogP) is 2.13. The SMILES string of the molecule is COC(=O)/C(=C/NS(=O)(=O)c1ccc(C)cc1)c1ncnn1Cc1ccccc1. The van der Waals surface area contributed by atoms with Gasteiger partial charge in [-0.3, -0.25) is 4.72 Å². The van der Waals surface area contributed by atoms with Crippen LogP contribution in [0.15, 0.2) is 72.0 Å². The Labute approximate surface area is 168 Å². The summed E-state index contributed by atoms with van der Waals surface area (Å²) in [5, 5.41) is 4.14. The standard InChI is InChI=1S/C20H20N4O4S/c1-15-8-10-17(11-9-15)29(26,27)23-12-18(20(25)28-2)19-21-14-22-24(19)13-16-6-4-3-5-7-16/h3-12,14,23H,13H2,1-2H3/b18-12+. The van der Waals surface area contributed by atoms with Gasteiger partial charge in [0, 0.05) is 6.20 Å². The third kappa shape index (κ3) is 4.88. The van der Waals surface area contributed by atoms with E-state index in [9.17, 15) is 13.2 Å². The van der Waals surface area contributed by atoms with Gasteiger partial charge in [0.25, 0.3) is 10.0 Å². The first kappa shape index (κ1) is 20.3. The Bertz CT molecular complexity index is 1120. The second-order valence-corrected chi connectivity index (χ2v) is 7.92. The van der Waals surface area contributed by atoms with E-state index >= 15 is 0 Å². The number of aryl methyl sites for hydroxylation is 1. The Morgan fingerprint density at radius 2 is 1.83 bits per heavy atom. The quantitative estimate of drug-likeness (QED) is 0.471. The fraction of sp³-hybridized carbons (Fsp3) is 0.150. The molecule has 0 saturated heterocycles. The predicted molar refractivity (Wildman–Crippen MR) is 107 cm³/mol. The third-order valence-corrected chi connectivity index (χ3v) is 5.45. The highest BCUT2D eigenvalue weighted by Crippen LogP contribution is 2.16. The molecule has 0 fully saturated rings. The number of hydrogen-bond acceptors (Lipinski definition) is 6. The van der Waals surface area contributed by atoms with Gasteiger partial charge in [0.05, 0.1) is 18.6 Å². The summed E-state index contributed by atoms with van der Waals surface area (Å²) >= 11 is 0. The lowest BCUT2D eigenvalue weighted by Gasteiger charge is -2.10. The molecule has 2 aromatic carbocycles. The van der Waals surface area contributed by atoms with E-state index in [1.165, 1.54) is 30.3 Å². The van der Waals surface area contributed by atoms with E-state index in [0.717, 1.165) is 17.3 Å². The summed E-state index contributed by atoms with van der Waals surface area (Å²) in [6.45, 7) is 2.22. The topological polar surface area (TPSA) is 103 Å². The van der Waals surface area contributed by atoms with Crippen LogP contribution in [0.5, 0.6) is 0 Å². The van der Waals surface area contributed by atoms with Gasteiger partial charge in [-0.25, -0.2) is 22.9 Å². The number of carbonyl (C=O) groups excluding carboxylic acids is 1. The van der Waals surface area contributed by atoms with Crippen molar-refractivity contribution in [1.29, 1.82) is 0 Å². The van der Waals surface area contributed by atoms with E-state index in [2.05, 4.69) is 14.8 Å². The van der Waals surface area contributed by atoms with E-state index in [0.29, 0.717) is 6.54 Å². The molecule has 0 amide bonds. The number of methoxy groups -OCH3 is 1. The maximum atomic E-state index is 12.6. The van der Waals surface area contributed by atoms with E-state index in [-0.39, 0.29) is 16.3 Å². The highest BCUT2D eigenvalue weighted by molar-refractivity contribution is 7.89. The van der Waals surface area contributed by atoms with Crippen molar-refractivity contribution >= 4 is 21.6 Å². The average molecular weight is 412 g/mol. The van der Waals surface area contributed by atoms with Crippen LogP contribution in [0.25, 0.3) is 5.57 Å². The van der Waals surface area contributed by atoms with Gasteiger partial charge >= 0.3 is 5.97 Å². The molecule has 3 aromatic rings. The molecule has 29 heavy (non-hydrogen) atoms. The molecular formula is C20H20N4O4S. The van der Waals surface area contributed by atoms with Crippen LogP contribution < -0.4 is 4.72 Å². The number of carbonyl (C=O) groups is 1. The number of esters is 1. The van der Waals surface area contributed by atoms with Gasteiger partial charge in [-0.2, -0.15) is 5.10 Å². The molecule has 0 atom stereocenters. The maximum Gasteiger partial charge on any atom is 0.343 e. The van der Waals surface area contributed by atoms with Crippen molar-refractivity contribution in [2.75, 3.05) is 7.11 Å². The number of rotatable bonds is 7. The van der Waals surface area contributed by atoms with Gasteiger partial charge in [0.15, 0.2) is 5.82 Å². The van der Waals surface area contributed by atoms with Crippen LogP contribution in [-0.4, -0.2) is 36.3 Å². The Balaban J connectivity index is 1.92. The number of nitrogens with zero attached hydrogens (tertiary/aromatic N) is 3. The Hall–Kier alpha value is -3.46. The molecule has 9 heteroatoms. The minimum atomic E-state index is -3.87. The normalized spacial score (nSPS) is 11.9. The van der Waals surface area contributed by atoms with Gasteiger partial charge in [0.1, 0.15) is 11.9 Å².